The van der Waals surface area contributed by atoms with Crippen molar-refractivity contribution >= 4 is 56.5 Å². The van der Waals surface area contributed by atoms with Crippen LogP contribution in [-0.4, -0.2) is 75.3 Å². The fraction of sp³-hybridized carbons (Fsp3) is 0.333. The van der Waals surface area contributed by atoms with Gasteiger partial charge in [0.05, 0.1) is 30.4 Å². The molecule has 262 valence electrons. The van der Waals surface area contributed by atoms with Crippen molar-refractivity contribution in [1.82, 2.24) is 19.9 Å². The molecule has 1 atom stereocenters. The lowest BCUT2D eigenvalue weighted by Crippen LogP contribution is -2.44. The minimum atomic E-state index is -3.67. The number of hydrogen-bond acceptors (Lipinski definition) is 10. The van der Waals surface area contributed by atoms with Crippen LogP contribution in [0.4, 0.5) is 16.3 Å². The number of carboxylic acids is 1. The summed E-state index contributed by atoms with van der Waals surface area (Å²) in [4.78, 5) is 47.3. The lowest BCUT2D eigenvalue weighted by atomic mass is 10.1. The molecule has 2 heterocycles. The molecule has 0 radical (unpaired) electrons. The number of pyridine rings is 1. The summed E-state index contributed by atoms with van der Waals surface area (Å²) < 4.78 is 32.9. The van der Waals surface area contributed by atoms with Gasteiger partial charge in [-0.05, 0) is 67.9 Å². The van der Waals surface area contributed by atoms with Crippen LogP contribution in [0.2, 0.25) is 0 Å². The quantitative estimate of drug-likeness (QED) is 0.0552. The molecule has 0 saturated heterocycles. The molecule has 0 spiro atoms. The van der Waals surface area contributed by atoms with Gasteiger partial charge in [0, 0.05) is 30.1 Å². The van der Waals surface area contributed by atoms with Gasteiger partial charge in [0.2, 0.25) is 0 Å². The van der Waals surface area contributed by atoms with Crippen LogP contribution in [0.1, 0.15) is 61.3 Å². The largest absolute Gasteiger partial charge is 0.480 e. The van der Waals surface area contributed by atoms with Crippen LogP contribution in [0.3, 0.4) is 0 Å². The molecule has 2 aromatic carbocycles. The van der Waals surface area contributed by atoms with Gasteiger partial charge >= 0.3 is 12.1 Å². The number of anilines is 2. The summed E-state index contributed by atoms with van der Waals surface area (Å²) in [5.41, 5.74) is 3.01. The number of fused-ring (bicyclic) bond motifs is 1. The molecule has 49 heavy (non-hydrogen) atoms. The Bertz CT molecular complexity index is 1860. The molecule has 4 rings (SSSR count). The van der Waals surface area contributed by atoms with E-state index in [1.54, 1.807) is 60.7 Å². The maximum Gasteiger partial charge on any atom is 0.412 e. The number of carboxylic acid groups (broad SMARTS) is 1. The minimum Gasteiger partial charge on any atom is -0.480 e. The molecule has 0 aliphatic heterocycles. The SMILES string of the molecule is CCCCCCOC(=O)NC(=N)c1ccc(NCc2nc3cc(C(=O)N(c4ccccn4)C(C)C(=O)O)ccc3n2C)cc1.CS(=O)(=O)O. The standard InChI is InChI=1S/C32H37N7O5.CH4O3S/c1-4-5-6-9-18-44-32(43)37-29(33)22-11-14-24(15-12-22)35-20-28-36-25-19-23(13-16-26(25)38(28)3)30(40)39(21(2)31(41)42)27-10-7-8-17-34-27;1-5(2,3)4/h7-8,10-17,19,21,35H,4-6,9,18,20H2,1-3H3,(H,41,42)(H2,33,37,43);1H3,(H,2,3,4). The molecule has 2 amide bonds. The van der Waals surface area contributed by atoms with Gasteiger partial charge in [-0.15, -0.1) is 0 Å². The highest BCUT2D eigenvalue weighted by Crippen LogP contribution is 2.22. The molecule has 0 aliphatic rings. The number of amides is 2. The van der Waals surface area contributed by atoms with Gasteiger partial charge in [0.15, 0.2) is 0 Å². The van der Waals surface area contributed by atoms with E-state index in [2.05, 4.69) is 22.5 Å². The Labute approximate surface area is 284 Å². The fourth-order valence-corrected chi connectivity index (χ4v) is 4.60. The number of amidine groups is 1. The zero-order chi connectivity index (χ0) is 36.1. The second-order valence-electron chi connectivity index (χ2n) is 11.0. The van der Waals surface area contributed by atoms with Crippen LogP contribution in [0.25, 0.3) is 11.0 Å². The van der Waals surface area contributed by atoms with E-state index in [1.165, 1.54) is 13.1 Å². The Morgan fingerprint density at radius 1 is 1.04 bits per heavy atom. The number of aliphatic carboxylic acids is 1. The van der Waals surface area contributed by atoms with Crippen LogP contribution in [0.5, 0.6) is 0 Å². The third-order valence-electron chi connectivity index (χ3n) is 7.16. The van der Waals surface area contributed by atoms with Crippen LogP contribution in [0.15, 0.2) is 66.9 Å². The molecule has 1 unspecified atom stereocenters. The van der Waals surface area contributed by atoms with E-state index < -0.39 is 34.1 Å². The highest BCUT2D eigenvalue weighted by atomic mass is 32.2. The first-order valence-electron chi connectivity index (χ1n) is 15.4. The first-order valence-corrected chi connectivity index (χ1v) is 17.3. The number of alkyl carbamates (subject to hydrolysis) is 1. The van der Waals surface area contributed by atoms with Crippen LogP contribution in [0, 0.1) is 5.41 Å². The van der Waals surface area contributed by atoms with E-state index in [4.69, 9.17) is 19.7 Å². The van der Waals surface area contributed by atoms with Crippen molar-refractivity contribution in [3.63, 3.8) is 0 Å². The second kappa shape index (κ2) is 17.7. The predicted octanol–water partition coefficient (Wildman–Crippen LogP) is 4.84. The van der Waals surface area contributed by atoms with Crippen molar-refractivity contribution in [3.8, 4) is 0 Å². The number of ether oxygens (including phenoxy) is 1. The average molecular weight is 696 g/mol. The molecular formula is C33H41N7O8S. The predicted molar refractivity (Wildman–Crippen MR) is 186 cm³/mol. The van der Waals surface area contributed by atoms with Crippen molar-refractivity contribution in [2.45, 2.75) is 52.1 Å². The van der Waals surface area contributed by atoms with Crippen molar-refractivity contribution in [2.75, 3.05) is 23.1 Å². The number of aryl methyl sites for hydroxylation is 1. The smallest absolute Gasteiger partial charge is 0.412 e. The van der Waals surface area contributed by atoms with E-state index in [-0.39, 0.29) is 11.7 Å². The minimum absolute atomic E-state index is 0.0461. The number of unbranched alkanes of at least 4 members (excludes halogenated alkanes) is 3. The average Bonchev–Trinajstić information content (AvgIpc) is 3.37. The Morgan fingerprint density at radius 3 is 2.33 bits per heavy atom. The Hall–Kier alpha value is -5.35. The first kappa shape index (κ1) is 38.1. The number of carbonyl (C=O) groups excluding carboxylic acids is 2. The van der Waals surface area contributed by atoms with Gasteiger partial charge in [-0.3, -0.25) is 25.0 Å². The Balaban J connectivity index is 0.00000121. The lowest BCUT2D eigenvalue weighted by molar-refractivity contribution is -0.138. The van der Waals surface area contributed by atoms with Gasteiger partial charge < -0.3 is 19.7 Å². The number of hydrogen-bond donors (Lipinski definition) is 5. The monoisotopic (exact) mass is 695 g/mol. The molecule has 15 nitrogen and oxygen atoms in total. The maximum atomic E-state index is 13.5. The van der Waals surface area contributed by atoms with Gasteiger partial charge in [-0.2, -0.15) is 8.42 Å². The number of benzene rings is 2. The molecular weight excluding hydrogens is 654 g/mol. The Morgan fingerprint density at radius 2 is 1.71 bits per heavy atom. The number of carbonyl (C=O) groups is 3. The Kier molecular flexibility index (Phi) is 13.8. The first-order chi connectivity index (χ1) is 23.2. The number of rotatable bonds is 13. The van der Waals surface area contributed by atoms with E-state index in [0.29, 0.717) is 41.9 Å². The summed E-state index contributed by atoms with van der Waals surface area (Å²) in [6.07, 6.45) is 5.59. The molecule has 0 saturated carbocycles. The second-order valence-corrected chi connectivity index (χ2v) is 12.5. The normalized spacial score (nSPS) is 11.5. The summed E-state index contributed by atoms with van der Waals surface area (Å²) in [6, 6.07) is 16.0. The number of aromatic nitrogens is 3. The summed E-state index contributed by atoms with van der Waals surface area (Å²) in [5, 5.41) is 23.5. The van der Waals surface area contributed by atoms with Crippen molar-refractivity contribution in [1.29, 1.82) is 5.41 Å². The van der Waals surface area contributed by atoms with Gasteiger partial charge in [-0.25, -0.2) is 19.6 Å². The van der Waals surface area contributed by atoms with Gasteiger partial charge in [0.1, 0.15) is 23.5 Å². The maximum absolute atomic E-state index is 13.5. The van der Waals surface area contributed by atoms with Crippen molar-refractivity contribution in [3.05, 3.63) is 83.8 Å². The van der Waals surface area contributed by atoms with Gasteiger partial charge in [0.25, 0.3) is 16.0 Å². The van der Waals surface area contributed by atoms with Crippen LogP contribution in [-0.2, 0) is 33.2 Å². The number of nitrogens with zero attached hydrogens (tertiary/aromatic N) is 4. The zero-order valence-corrected chi connectivity index (χ0v) is 28.5. The van der Waals surface area contributed by atoms with Gasteiger partial charge in [-0.1, -0.05) is 32.3 Å². The highest BCUT2D eigenvalue weighted by Gasteiger charge is 2.29. The molecule has 0 bridgehead atoms. The lowest BCUT2D eigenvalue weighted by Gasteiger charge is -2.25. The van der Waals surface area contributed by atoms with E-state index in [0.717, 1.165) is 41.8 Å². The van der Waals surface area contributed by atoms with Crippen LogP contribution >= 0.6 is 0 Å². The molecule has 16 heteroatoms. The molecule has 0 aliphatic carbocycles. The summed E-state index contributed by atoms with van der Waals surface area (Å²) in [7, 11) is -1.79. The summed E-state index contributed by atoms with van der Waals surface area (Å²) >= 11 is 0. The van der Waals surface area contributed by atoms with Crippen LogP contribution < -0.4 is 15.5 Å². The van der Waals surface area contributed by atoms with E-state index in [1.807, 2.05) is 11.6 Å². The third-order valence-corrected chi connectivity index (χ3v) is 7.16. The molecule has 5 N–H and O–H groups in total. The van der Waals surface area contributed by atoms with E-state index >= 15 is 0 Å². The fourth-order valence-electron chi connectivity index (χ4n) is 4.60. The summed E-state index contributed by atoms with van der Waals surface area (Å²) in [5.74, 6) is -0.729. The molecule has 4 aromatic rings. The number of nitrogens with one attached hydrogen (secondary N) is 3. The third kappa shape index (κ3) is 11.7. The van der Waals surface area contributed by atoms with Crippen molar-refractivity contribution in [2.24, 2.45) is 7.05 Å². The zero-order valence-electron chi connectivity index (χ0n) is 27.7. The molecule has 2 aromatic heterocycles. The summed E-state index contributed by atoms with van der Waals surface area (Å²) in [6.45, 7) is 4.26. The number of imidazole rings is 1. The van der Waals surface area contributed by atoms with E-state index in [9.17, 15) is 27.9 Å². The highest BCUT2D eigenvalue weighted by molar-refractivity contribution is 7.85. The molecule has 0 fully saturated rings. The van der Waals surface area contributed by atoms with Crippen molar-refractivity contribution < 1.29 is 37.2 Å². The topological polar surface area (TPSA) is 217 Å².